The van der Waals surface area contributed by atoms with Gasteiger partial charge in [-0.25, -0.2) is 0 Å². The second-order valence-corrected chi connectivity index (χ2v) is 22.4. The topological polar surface area (TPSA) is 108 Å². The number of hydrogen-bond acceptors (Lipinski definition) is 6. The number of rotatable bonds is 53. The number of aliphatic hydroxyl groups excluding tert-OH is 1. The van der Waals surface area contributed by atoms with E-state index in [2.05, 4.69) is 19.2 Å². The van der Waals surface area contributed by atoms with Crippen LogP contribution in [0.25, 0.3) is 0 Å². The summed E-state index contributed by atoms with van der Waals surface area (Å²) in [4.78, 5) is 25.5. The van der Waals surface area contributed by atoms with Gasteiger partial charge >= 0.3 is 0 Å². The molecule has 0 aliphatic heterocycles. The van der Waals surface area contributed by atoms with Gasteiger partial charge in [0.15, 0.2) is 0 Å². The Morgan fingerprint density at radius 1 is 0.523 bits per heavy atom. The first-order valence-corrected chi connectivity index (χ1v) is 30.0. The molecule has 0 rings (SSSR count). The molecule has 9 heteroatoms. The minimum Gasteiger partial charge on any atom is -0.756 e. The molecule has 0 bridgehead atoms. The molecular formula is C56H113N2O6P. The average molecular weight is 942 g/mol. The van der Waals surface area contributed by atoms with Crippen molar-refractivity contribution < 1.29 is 32.9 Å². The fourth-order valence-corrected chi connectivity index (χ4v) is 9.47. The van der Waals surface area contributed by atoms with E-state index >= 15 is 0 Å². The van der Waals surface area contributed by atoms with Gasteiger partial charge in [-0.05, 0) is 19.3 Å². The van der Waals surface area contributed by atoms with E-state index in [0.29, 0.717) is 17.4 Å². The van der Waals surface area contributed by atoms with E-state index in [1.807, 2.05) is 27.2 Å². The molecule has 3 unspecified atom stereocenters. The van der Waals surface area contributed by atoms with Crippen LogP contribution in [0, 0.1) is 0 Å². The van der Waals surface area contributed by atoms with Crippen LogP contribution in [0.3, 0.4) is 0 Å². The molecule has 0 fully saturated rings. The highest BCUT2D eigenvalue weighted by molar-refractivity contribution is 7.45. The summed E-state index contributed by atoms with van der Waals surface area (Å²) < 4.78 is 23.3. The second kappa shape index (κ2) is 48.3. The summed E-state index contributed by atoms with van der Waals surface area (Å²) in [5, 5.41) is 13.9. The van der Waals surface area contributed by atoms with Gasteiger partial charge in [0.2, 0.25) is 5.91 Å². The maximum Gasteiger partial charge on any atom is 0.268 e. The van der Waals surface area contributed by atoms with Gasteiger partial charge in [-0.3, -0.25) is 9.36 Å². The number of amides is 1. The van der Waals surface area contributed by atoms with Crippen LogP contribution in [-0.4, -0.2) is 68.5 Å². The lowest BCUT2D eigenvalue weighted by Gasteiger charge is -2.29. The van der Waals surface area contributed by atoms with Gasteiger partial charge in [0.25, 0.3) is 7.82 Å². The number of allylic oxidation sites excluding steroid dienone is 1. The van der Waals surface area contributed by atoms with E-state index in [0.717, 1.165) is 38.5 Å². The Bertz CT molecular complexity index is 1070. The highest BCUT2D eigenvalue weighted by Gasteiger charge is 2.23. The number of likely N-dealkylation sites (N-methyl/N-ethyl adjacent to an activating group) is 1. The highest BCUT2D eigenvalue weighted by Crippen LogP contribution is 2.38. The fraction of sp³-hybridized carbons (Fsp3) is 0.946. The number of phosphoric acid groups is 1. The zero-order valence-corrected chi connectivity index (χ0v) is 45.1. The lowest BCUT2D eigenvalue weighted by atomic mass is 10.0. The van der Waals surface area contributed by atoms with Gasteiger partial charge in [-0.1, -0.05) is 276 Å². The number of aliphatic hydroxyl groups is 1. The normalized spacial score (nSPS) is 14.0. The zero-order valence-electron chi connectivity index (χ0n) is 44.2. The number of nitrogens with zero attached hydrogens (tertiary/aromatic N) is 1. The Labute approximate surface area is 405 Å². The molecule has 0 aromatic carbocycles. The molecule has 0 saturated heterocycles. The Morgan fingerprint density at radius 3 is 1.15 bits per heavy atom. The molecule has 0 radical (unpaired) electrons. The molecule has 3 atom stereocenters. The summed E-state index contributed by atoms with van der Waals surface area (Å²) in [5.74, 6) is -0.191. The Balaban J connectivity index is 4.17. The van der Waals surface area contributed by atoms with E-state index in [1.54, 1.807) is 6.08 Å². The summed E-state index contributed by atoms with van der Waals surface area (Å²) in [6.45, 7) is 4.70. The summed E-state index contributed by atoms with van der Waals surface area (Å²) in [6, 6.07) is -0.881. The second-order valence-electron chi connectivity index (χ2n) is 21.0. The van der Waals surface area contributed by atoms with Crippen LogP contribution in [0.2, 0.25) is 0 Å². The van der Waals surface area contributed by atoms with Crippen molar-refractivity contribution in [1.82, 2.24) is 5.32 Å². The summed E-state index contributed by atoms with van der Waals surface area (Å²) in [5.41, 5.74) is 0. The van der Waals surface area contributed by atoms with Crippen molar-refractivity contribution in [2.24, 2.45) is 0 Å². The molecule has 0 aromatic heterocycles. The molecule has 2 N–H and O–H groups in total. The highest BCUT2D eigenvalue weighted by atomic mass is 31.2. The maximum absolute atomic E-state index is 12.9. The predicted molar refractivity (Wildman–Crippen MR) is 279 cm³/mol. The first-order valence-electron chi connectivity index (χ1n) is 28.6. The lowest BCUT2D eigenvalue weighted by Crippen LogP contribution is -2.45. The number of phosphoric ester groups is 1. The smallest absolute Gasteiger partial charge is 0.268 e. The first kappa shape index (κ1) is 64.2. The van der Waals surface area contributed by atoms with Crippen molar-refractivity contribution in [3.63, 3.8) is 0 Å². The summed E-state index contributed by atoms with van der Waals surface area (Å²) in [7, 11) is 1.28. The van der Waals surface area contributed by atoms with Gasteiger partial charge in [-0.15, -0.1) is 0 Å². The molecule has 0 spiro atoms. The van der Waals surface area contributed by atoms with Crippen molar-refractivity contribution in [2.45, 2.75) is 302 Å². The molecule has 8 nitrogen and oxygen atoms in total. The molecular weight excluding hydrogens is 828 g/mol. The number of hydrogen-bond donors (Lipinski definition) is 2. The third-order valence-electron chi connectivity index (χ3n) is 13.2. The third-order valence-corrected chi connectivity index (χ3v) is 14.2. The van der Waals surface area contributed by atoms with Gasteiger partial charge in [0.05, 0.1) is 39.9 Å². The van der Waals surface area contributed by atoms with E-state index in [-0.39, 0.29) is 19.1 Å². The van der Waals surface area contributed by atoms with Crippen LogP contribution in [0.15, 0.2) is 12.2 Å². The molecule has 388 valence electrons. The van der Waals surface area contributed by atoms with E-state index in [4.69, 9.17) is 9.05 Å². The molecule has 0 saturated carbocycles. The number of carbonyl (C=O) groups is 1. The average Bonchev–Trinajstić information content (AvgIpc) is 3.26. The largest absolute Gasteiger partial charge is 0.756 e. The van der Waals surface area contributed by atoms with Crippen LogP contribution in [0.1, 0.15) is 290 Å². The van der Waals surface area contributed by atoms with E-state index < -0.39 is 20.0 Å². The quantitative estimate of drug-likeness (QED) is 0.0272. The Kier molecular flexibility index (Phi) is 47.7. The number of nitrogens with one attached hydrogen (secondary N) is 1. The third kappa shape index (κ3) is 50.9. The fourth-order valence-electron chi connectivity index (χ4n) is 8.74. The molecule has 1 amide bonds. The number of unbranched alkanes of at least 4 members (excludes halogenated alkanes) is 40. The van der Waals surface area contributed by atoms with Crippen LogP contribution in [-0.2, 0) is 18.4 Å². The van der Waals surface area contributed by atoms with Gasteiger partial charge in [0.1, 0.15) is 13.2 Å². The minimum atomic E-state index is -4.59. The van der Waals surface area contributed by atoms with Crippen molar-refractivity contribution in [1.29, 1.82) is 0 Å². The van der Waals surface area contributed by atoms with Gasteiger partial charge in [-0.2, -0.15) is 0 Å². The van der Waals surface area contributed by atoms with Crippen LogP contribution < -0.4 is 10.2 Å². The van der Waals surface area contributed by atoms with E-state index in [1.165, 1.54) is 231 Å². The van der Waals surface area contributed by atoms with Crippen molar-refractivity contribution in [3.05, 3.63) is 12.2 Å². The summed E-state index contributed by atoms with van der Waals surface area (Å²) >= 11 is 0. The molecule has 0 aromatic rings. The number of quaternary nitrogens is 1. The molecule has 0 heterocycles. The SMILES string of the molecule is CCCCCCCCCCCCCCCCCCCCCCCCCC/C=C/C(O)C(COP(=O)([O-])OCC[N+](C)(C)C)NC(=O)CCCCCCCCCCCCCCCCCCC. The van der Waals surface area contributed by atoms with Gasteiger partial charge < -0.3 is 28.8 Å². The monoisotopic (exact) mass is 941 g/mol. The molecule has 0 aliphatic carbocycles. The van der Waals surface area contributed by atoms with Gasteiger partial charge in [0, 0.05) is 6.42 Å². The Morgan fingerprint density at radius 2 is 0.831 bits per heavy atom. The summed E-state index contributed by atoms with van der Waals surface area (Å²) in [6.07, 6.45) is 58.5. The minimum absolute atomic E-state index is 0.00264. The number of carbonyl (C=O) groups excluding carboxylic acids is 1. The molecule has 65 heavy (non-hydrogen) atoms. The van der Waals surface area contributed by atoms with Crippen molar-refractivity contribution in [3.8, 4) is 0 Å². The van der Waals surface area contributed by atoms with Crippen molar-refractivity contribution in [2.75, 3.05) is 40.9 Å². The van der Waals surface area contributed by atoms with E-state index in [9.17, 15) is 19.4 Å². The first-order chi connectivity index (χ1) is 31.5. The van der Waals surface area contributed by atoms with Crippen LogP contribution >= 0.6 is 7.82 Å². The lowest BCUT2D eigenvalue weighted by molar-refractivity contribution is -0.870. The van der Waals surface area contributed by atoms with Crippen molar-refractivity contribution >= 4 is 13.7 Å². The Hall–Kier alpha value is -0.760. The van der Waals surface area contributed by atoms with Crippen LogP contribution in [0.5, 0.6) is 0 Å². The molecule has 0 aliphatic rings. The zero-order chi connectivity index (χ0) is 47.8. The maximum atomic E-state index is 12.9. The van der Waals surface area contributed by atoms with Crippen LogP contribution in [0.4, 0.5) is 0 Å². The standard InChI is InChI=1S/C56H113N2O6P/c1-6-8-10-12-14-16-18-20-22-24-25-26-27-28-29-30-31-32-34-35-37-39-41-43-45-47-49-55(59)54(53-64-65(61,62)63-52-51-58(3,4)5)57-56(60)50-48-46-44-42-40-38-36-33-23-21-19-17-15-13-11-9-7-2/h47,49,54-55,59H,6-46,48,50-53H2,1-5H3,(H-,57,60,61,62)/b49-47+. The predicted octanol–water partition coefficient (Wildman–Crippen LogP) is 16.4.